The van der Waals surface area contributed by atoms with Crippen LogP contribution in [0.5, 0.6) is 5.75 Å². The average Bonchev–Trinajstić information content (AvgIpc) is 3.15. The molecule has 2 aromatic carbocycles. The van der Waals surface area contributed by atoms with Crippen molar-refractivity contribution < 1.29 is 18.3 Å². The molecule has 7 nitrogen and oxygen atoms in total. The summed E-state index contributed by atoms with van der Waals surface area (Å²) in [5.41, 5.74) is 0.929. The summed E-state index contributed by atoms with van der Waals surface area (Å²) in [4.78, 5) is 12.2. The first-order valence-electron chi connectivity index (χ1n) is 8.28. The number of aromatic nitrogens is 4. The lowest BCUT2D eigenvalue weighted by atomic mass is 10.1. The number of rotatable bonds is 7. The maximum Gasteiger partial charge on any atom is 0.230 e. The minimum atomic E-state index is -0.705. The van der Waals surface area contributed by atoms with Gasteiger partial charge in [-0.15, -0.1) is 5.10 Å². The number of benzene rings is 2. The summed E-state index contributed by atoms with van der Waals surface area (Å²) in [6, 6.07) is 9.78. The third kappa shape index (κ3) is 4.63. The SMILES string of the molecule is COc1ccc(-n2nnnc2SCC(=O)N[C@H](C)c2ccc(F)cc2F)cc1. The van der Waals surface area contributed by atoms with Gasteiger partial charge in [0, 0.05) is 11.6 Å². The minimum Gasteiger partial charge on any atom is -0.497 e. The number of carbonyl (C=O) groups is 1. The Balaban J connectivity index is 1.61. The molecule has 0 unspecified atom stereocenters. The van der Waals surface area contributed by atoms with E-state index in [2.05, 4.69) is 20.8 Å². The molecule has 0 aliphatic carbocycles. The van der Waals surface area contributed by atoms with Gasteiger partial charge < -0.3 is 10.1 Å². The van der Waals surface area contributed by atoms with Crippen LogP contribution in [-0.2, 0) is 4.79 Å². The van der Waals surface area contributed by atoms with E-state index in [1.807, 2.05) is 0 Å². The lowest BCUT2D eigenvalue weighted by molar-refractivity contribution is -0.119. The highest BCUT2D eigenvalue weighted by atomic mass is 32.2. The number of thioether (sulfide) groups is 1. The number of tetrazole rings is 1. The van der Waals surface area contributed by atoms with E-state index in [-0.39, 0.29) is 17.2 Å². The maximum absolute atomic E-state index is 13.8. The fourth-order valence-electron chi connectivity index (χ4n) is 2.50. The molecular weight excluding hydrogens is 388 g/mol. The number of hydrogen-bond donors (Lipinski definition) is 1. The summed E-state index contributed by atoms with van der Waals surface area (Å²) in [7, 11) is 1.57. The van der Waals surface area contributed by atoms with Crippen LogP contribution in [0.3, 0.4) is 0 Å². The summed E-state index contributed by atoms with van der Waals surface area (Å²) < 4.78 is 33.5. The van der Waals surface area contributed by atoms with E-state index < -0.39 is 17.7 Å². The summed E-state index contributed by atoms with van der Waals surface area (Å²) in [6.45, 7) is 1.63. The topological polar surface area (TPSA) is 81.9 Å². The van der Waals surface area contributed by atoms with Crippen molar-refractivity contribution in [3.8, 4) is 11.4 Å². The number of halogens is 2. The second-order valence-corrected chi connectivity index (χ2v) is 6.76. The standard InChI is InChI=1S/C18H17F2N5O2S/c1-11(15-8-3-12(19)9-16(15)20)21-17(26)10-28-18-22-23-24-25(18)13-4-6-14(27-2)7-5-13/h3-9,11H,10H2,1-2H3,(H,21,26)/t11-/m1/s1. The van der Waals surface area contributed by atoms with Crippen molar-refractivity contribution in [1.82, 2.24) is 25.5 Å². The largest absolute Gasteiger partial charge is 0.497 e. The van der Waals surface area contributed by atoms with Gasteiger partial charge in [-0.1, -0.05) is 17.8 Å². The molecule has 0 bridgehead atoms. The molecule has 1 heterocycles. The minimum absolute atomic E-state index is 0.0314. The fraction of sp³-hybridized carbons (Fsp3) is 0.222. The van der Waals surface area contributed by atoms with Crippen molar-refractivity contribution in [1.29, 1.82) is 0 Å². The Kier molecular flexibility index (Phi) is 6.19. The third-order valence-corrected chi connectivity index (χ3v) is 4.82. The predicted octanol–water partition coefficient (Wildman–Crippen LogP) is 2.92. The molecule has 3 rings (SSSR count). The Morgan fingerprint density at radius 3 is 2.68 bits per heavy atom. The molecule has 1 N–H and O–H groups in total. The molecular formula is C18H17F2N5O2S. The van der Waals surface area contributed by atoms with E-state index in [1.165, 1.54) is 10.7 Å². The first kappa shape index (κ1) is 19.7. The Morgan fingerprint density at radius 2 is 2.00 bits per heavy atom. The zero-order valence-corrected chi connectivity index (χ0v) is 15.9. The van der Waals surface area contributed by atoms with Crippen molar-refractivity contribution in [2.45, 2.75) is 18.1 Å². The molecule has 0 aliphatic rings. The van der Waals surface area contributed by atoms with Crippen molar-refractivity contribution in [2.24, 2.45) is 0 Å². The monoisotopic (exact) mass is 405 g/mol. The lowest BCUT2D eigenvalue weighted by Gasteiger charge is -2.15. The van der Waals surface area contributed by atoms with E-state index in [0.717, 1.165) is 29.6 Å². The molecule has 0 spiro atoms. The van der Waals surface area contributed by atoms with Crippen LogP contribution in [-0.4, -0.2) is 39.0 Å². The van der Waals surface area contributed by atoms with Gasteiger partial charge in [-0.2, -0.15) is 4.68 Å². The van der Waals surface area contributed by atoms with Crippen LogP contribution in [0, 0.1) is 11.6 Å². The highest BCUT2D eigenvalue weighted by Gasteiger charge is 2.16. The van der Waals surface area contributed by atoms with Crippen LogP contribution in [0.1, 0.15) is 18.5 Å². The fourth-order valence-corrected chi connectivity index (χ4v) is 3.20. The van der Waals surface area contributed by atoms with Crippen LogP contribution in [0.2, 0.25) is 0 Å². The molecule has 146 valence electrons. The number of nitrogens with zero attached hydrogens (tertiary/aromatic N) is 4. The number of hydrogen-bond acceptors (Lipinski definition) is 6. The van der Waals surface area contributed by atoms with Gasteiger partial charge in [0.25, 0.3) is 0 Å². The van der Waals surface area contributed by atoms with E-state index in [4.69, 9.17) is 4.74 Å². The molecule has 1 aromatic heterocycles. The quantitative estimate of drug-likeness (QED) is 0.609. The van der Waals surface area contributed by atoms with Crippen molar-refractivity contribution >= 4 is 17.7 Å². The molecule has 0 saturated carbocycles. The normalized spacial score (nSPS) is 11.9. The first-order valence-corrected chi connectivity index (χ1v) is 9.26. The Hall–Kier alpha value is -3.01. The van der Waals surface area contributed by atoms with Gasteiger partial charge in [0.05, 0.1) is 24.6 Å². The van der Waals surface area contributed by atoms with Crippen LogP contribution in [0.4, 0.5) is 8.78 Å². The van der Waals surface area contributed by atoms with Crippen LogP contribution in [0.15, 0.2) is 47.6 Å². The number of amides is 1. The van der Waals surface area contributed by atoms with Gasteiger partial charge in [0.1, 0.15) is 17.4 Å². The summed E-state index contributed by atoms with van der Waals surface area (Å²) >= 11 is 1.14. The summed E-state index contributed by atoms with van der Waals surface area (Å²) in [5, 5.41) is 14.6. The van der Waals surface area contributed by atoms with Crippen molar-refractivity contribution in [3.05, 3.63) is 59.7 Å². The van der Waals surface area contributed by atoms with E-state index in [0.29, 0.717) is 10.9 Å². The van der Waals surface area contributed by atoms with Gasteiger partial charge in [0.15, 0.2) is 0 Å². The zero-order valence-electron chi connectivity index (χ0n) is 15.1. The van der Waals surface area contributed by atoms with E-state index in [1.54, 1.807) is 38.3 Å². The molecule has 0 fully saturated rings. The predicted molar refractivity (Wildman–Crippen MR) is 99.3 cm³/mol. The second kappa shape index (κ2) is 8.79. The molecule has 3 aromatic rings. The Labute approximate surface area is 164 Å². The molecule has 0 saturated heterocycles. The second-order valence-electron chi connectivity index (χ2n) is 5.82. The Bertz CT molecular complexity index is 965. The highest BCUT2D eigenvalue weighted by molar-refractivity contribution is 7.99. The molecule has 1 amide bonds. The number of nitrogens with one attached hydrogen (secondary N) is 1. The number of carbonyl (C=O) groups excluding carboxylic acids is 1. The smallest absolute Gasteiger partial charge is 0.230 e. The van der Waals surface area contributed by atoms with Crippen molar-refractivity contribution in [2.75, 3.05) is 12.9 Å². The average molecular weight is 405 g/mol. The molecule has 0 aliphatic heterocycles. The third-order valence-electron chi connectivity index (χ3n) is 3.90. The summed E-state index contributed by atoms with van der Waals surface area (Å²) in [5.74, 6) is -0.966. The van der Waals surface area contributed by atoms with Gasteiger partial charge in [-0.05, 0) is 47.7 Å². The van der Waals surface area contributed by atoms with Gasteiger partial charge in [-0.25, -0.2) is 8.78 Å². The van der Waals surface area contributed by atoms with Gasteiger partial charge >= 0.3 is 0 Å². The molecule has 1 atom stereocenters. The van der Waals surface area contributed by atoms with Crippen LogP contribution >= 0.6 is 11.8 Å². The maximum atomic E-state index is 13.8. The lowest BCUT2D eigenvalue weighted by Crippen LogP contribution is -2.28. The molecule has 10 heteroatoms. The van der Waals surface area contributed by atoms with Gasteiger partial charge in [-0.3, -0.25) is 4.79 Å². The van der Waals surface area contributed by atoms with Crippen LogP contribution < -0.4 is 10.1 Å². The Morgan fingerprint density at radius 1 is 1.25 bits per heavy atom. The van der Waals surface area contributed by atoms with E-state index in [9.17, 15) is 13.6 Å². The van der Waals surface area contributed by atoms with Gasteiger partial charge in [0.2, 0.25) is 11.1 Å². The van der Waals surface area contributed by atoms with Crippen molar-refractivity contribution in [3.63, 3.8) is 0 Å². The number of ether oxygens (including phenoxy) is 1. The highest BCUT2D eigenvalue weighted by Crippen LogP contribution is 2.21. The summed E-state index contributed by atoms with van der Waals surface area (Å²) in [6.07, 6.45) is 0. The van der Waals surface area contributed by atoms with E-state index >= 15 is 0 Å². The molecule has 28 heavy (non-hydrogen) atoms. The first-order chi connectivity index (χ1) is 13.5. The molecule has 0 radical (unpaired) electrons. The van der Waals surface area contributed by atoms with Crippen LogP contribution in [0.25, 0.3) is 5.69 Å². The zero-order chi connectivity index (χ0) is 20.1. The number of methoxy groups -OCH3 is 1.